The Kier molecular flexibility index (Phi) is 5.23. The van der Waals surface area contributed by atoms with Crippen LogP contribution in [-0.2, 0) is 20.9 Å². The fourth-order valence-electron chi connectivity index (χ4n) is 4.19. The van der Waals surface area contributed by atoms with E-state index in [-0.39, 0.29) is 42.5 Å². The van der Waals surface area contributed by atoms with Crippen molar-refractivity contribution in [2.45, 2.75) is 38.6 Å². The van der Waals surface area contributed by atoms with Gasteiger partial charge in [-0.15, -0.1) is 0 Å². The number of amides is 3. The lowest BCUT2D eigenvalue weighted by Gasteiger charge is -2.19. The molecule has 0 unspecified atom stereocenters. The first-order valence-corrected chi connectivity index (χ1v) is 9.84. The summed E-state index contributed by atoms with van der Waals surface area (Å²) in [4.78, 5) is 38.7. The highest BCUT2D eigenvalue weighted by atomic mass is 16.2. The van der Waals surface area contributed by atoms with Gasteiger partial charge in [-0.05, 0) is 18.4 Å². The van der Waals surface area contributed by atoms with E-state index in [0.29, 0.717) is 12.4 Å². The second kappa shape index (κ2) is 7.96. The fraction of sp³-hybridized carbons (Fsp3) is 0.429. The number of nitrogens with one attached hydrogen (secondary N) is 1. The van der Waals surface area contributed by atoms with E-state index in [0.717, 1.165) is 31.2 Å². The van der Waals surface area contributed by atoms with Crippen molar-refractivity contribution in [2.24, 2.45) is 11.8 Å². The van der Waals surface area contributed by atoms with Crippen LogP contribution in [0, 0.1) is 11.8 Å². The van der Waals surface area contributed by atoms with Crippen LogP contribution in [0.25, 0.3) is 0 Å². The van der Waals surface area contributed by atoms with E-state index >= 15 is 0 Å². The Hall–Kier alpha value is -2.96. The third-order valence-corrected chi connectivity index (χ3v) is 5.65. The average Bonchev–Trinajstić information content (AvgIpc) is 3.24. The van der Waals surface area contributed by atoms with Crippen molar-refractivity contribution < 1.29 is 14.4 Å². The zero-order valence-corrected chi connectivity index (χ0v) is 15.7. The third kappa shape index (κ3) is 3.69. The second-order valence-corrected chi connectivity index (χ2v) is 7.48. The van der Waals surface area contributed by atoms with E-state index in [1.165, 1.54) is 4.90 Å². The molecule has 1 saturated carbocycles. The normalized spacial score (nSPS) is 21.6. The topological polar surface area (TPSA) is 84.3 Å². The number of hydrogen-bond donors (Lipinski definition) is 1. The van der Waals surface area contributed by atoms with Crippen LogP contribution in [0.4, 0.5) is 5.82 Å². The zero-order valence-electron chi connectivity index (χ0n) is 15.7. The van der Waals surface area contributed by atoms with E-state index in [1.54, 1.807) is 16.9 Å². The van der Waals surface area contributed by atoms with Gasteiger partial charge in [-0.3, -0.25) is 19.3 Å². The molecular formula is C21H24N4O3. The van der Waals surface area contributed by atoms with E-state index in [1.807, 2.05) is 30.3 Å². The summed E-state index contributed by atoms with van der Waals surface area (Å²) in [5.74, 6) is -0.173. The molecule has 4 rings (SSSR count). The number of hydrogen-bond acceptors (Lipinski definition) is 4. The van der Waals surface area contributed by atoms with Gasteiger partial charge < -0.3 is 5.32 Å². The lowest BCUT2D eigenvalue weighted by molar-refractivity contribution is -0.140. The van der Waals surface area contributed by atoms with Gasteiger partial charge in [0.05, 0.1) is 24.6 Å². The standard InChI is InChI=1S/C21H24N4O3/c26-19(11-13-24-20(27)16-8-4-5-9-17(16)21(24)28)23-18-10-12-22-25(18)14-15-6-2-1-3-7-15/h1-3,6-7,10,12,16-17H,4-5,8-9,11,13-14H2,(H,23,26)/t16-,17-/m0/s1. The maximum Gasteiger partial charge on any atom is 0.233 e. The molecule has 2 aromatic rings. The van der Waals surface area contributed by atoms with Crippen LogP contribution in [0.15, 0.2) is 42.6 Å². The number of carbonyl (C=O) groups is 3. The number of fused-ring (bicyclic) bond motifs is 1. The Balaban J connectivity index is 1.34. The van der Waals surface area contributed by atoms with Crippen molar-refractivity contribution in [1.82, 2.24) is 14.7 Å². The van der Waals surface area contributed by atoms with E-state index in [2.05, 4.69) is 10.4 Å². The summed E-state index contributed by atoms with van der Waals surface area (Å²) < 4.78 is 1.72. The number of likely N-dealkylation sites (tertiary alicyclic amines) is 1. The molecule has 2 aliphatic rings. The molecular weight excluding hydrogens is 356 g/mol. The van der Waals surface area contributed by atoms with Gasteiger partial charge in [0.2, 0.25) is 17.7 Å². The third-order valence-electron chi connectivity index (χ3n) is 5.65. The molecule has 2 heterocycles. The summed E-state index contributed by atoms with van der Waals surface area (Å²) in [5.41, 5.74) is 1.08. The Labute approximate surface area is 163 Å². The zero-order chi connectivity index (χ0) is 19.5. The summed E-state index contributed by atoms with van der Waals surface area (Å²) >= 11 is 0. The first-order chi connectivity index (χ1) is 13.6. The van der Waals surface area contributed by atoms with Gasteiger partial charge in [0.15, 0.2) is 0 Å². The number of aromatic nitrogens is 2. The SMILES string of the molecule is O=C(CCN1C(=O)[C@H]2CCCC[C@@H]2C1=O)Nc1ccnn1Cc1ccccc1. The second-order valence-electron chi connectivity index (χ2n) is 7.48. The minimum atomic E-state index is -0.231. The van der Waals surface area contributed by atoms with Crippen LogP contribution < -0.4 is 5.32 Å². The summed E-state index contributed by atoms with van der Waals surface area (Å²) in [6, 6.07) is 11.6. The smallest absolute Gasteiger partial charge is 0.233 e. The van der Waals surface area contributed by atoms with E-state index in [4.69, 9.17) is 0 Å². The molecule has 2 atom stereocenters. The number of benzene rings is 1. The van der Waals surface area contributed by atoms with Gasteiger partial charge in [0.1, 0.15) is 5.82 Å². The van der Waals surface area contributed by atoms with Crippen molar-refractivity contribution in [3.8, 4) is 0 Å². The molecule has 2 fully saturated rings. The van der Waals surface area contributed by atoms with Crippen molar-refractivity contribution in [2.75, 3.05) is 11.9 Å². The van der Waals surface area contributed by atoms with Crippen molar-refractivity contribution in [1.29, 1.82) is 0 Å². The number of carbonyl (C=O) groups excluding carboxylic acids is 3. The van der Waals surface area contributed by atoms with Crippen molar-refractivity contribution in [3.63, 3.8) is 0 Å². The first kappa shape index (κ1) is 18.4. The molecule has 7 nitrogen and oxygen atoms in total. The van der Waals surface area contributed by atoms with Crippen LogP contribution in [0.5, 0.6) is 0 Å². The first-order valence-electron chi connectivity index (χ1n) is 9.84. The van der Waals surface area contributed by atoms with Gasteiger partial charge in [-0.1, -0.05) is 43.2 Å². The minimum absolute atomic E-state index is 0.0907. The van der Waals surface area contributed by atoms with Crippen LogP contribution >= 0.6 is 0 Å². The molecule has 1 aliphatic heterocycles. The molecule has 1 N–H and O–H groups in total. The van der Waals surface area contributed by atoms with Crippen LogP contribution in [-0.4, -0.2) is 38.9 Å². The maximum atomic E-state index is 12.5. The van der Waals surface area contributed by atoms with Gasteiger partial charge in [0, 0.05) is 19.0 Å². The summed E-state index contributed by atoms with van der Waals surface area (Å²) in [7, 11) is 0. The molecule has 3 amide bonds. The van der Waals surface area contributed by atoms with Crippen LogP contribution in [0.3, 0.4) is 0 Å². The minimum Gasteiger partial charge on any atom is -0.311 e. The highest BCUT2D eigenvalue weighted by molar-refractivity contribution is 6.05. The Morgan fingerprint density at radius 3 is 2.39 bits per heavy atom. The predicted octanol–water partition coefficient (Wildman–Crippen LogP) is 2.44. The number of anilines is 1. The highest BCUT2D eigenvalue weighted by Gasteiger charge is 2.47. The van der Waals surface area contributed by atoms with Crippen LogP contribution in [0.1, 0.15) is 37.7 Å². The fourth-order valence-corrected chi connectivity index (χ4v) is 4.19. The molecule has 0 spiro atoms. The molecule has 1 aliphatic carbocycles. The van der Waals surface area contributed by atoms with E-state index < -0.39 is 0 Å². The Morgan fingerprint density at radius 2 is 1.71 bits per heavy atom. The molecule has 0 bridgehead atoms. The molecule has 146 valence electrons. The predicted molar refractivity (Wildman–Crippen MR) is 103 cm³/mol. The van der Waals surface area contributed by atoms with Gasteiger partial charge in [-0.25, -0.2) is 4.68 Å². The molecule has 7 heteroatoms. The maximum absolute atomic E-state index is 12.5. The summed E-state index contributed by atoms with van der Waals surface area (Å²) in [6.07, 6.45) is 5.30. The van der Waals surface area contributed by atoms with E-state index in [9.17, 15) is 14.4 Å². The number of imide groups is 1. The van der Waals surface area contributed by atoms with Crippen LogP contribution in [0.2, 0.25) is 0 Å². The molecule has 28 heavy (non-hydrogen) atoms. The number of nitrogens with zero attached hydrogens (tertiary/aromatic N) is 3. The monoisotopic (exact) mass is 380 g/mol. The largest absolute Gasteiger partial charge is 0.311 e. The highest BCUT2D eigenvalue weighted by Crippen LogP contribution is 2.37. The molecule has 1 aromatic heterocycles. The van der Waals surface area contributed by atoms with Crippen molar-refractivity contribution >= 4 is 23.5 Å². The molecule has 1 saturated heterocycles. The molecule has 0 radical (unpaired) electrons. The number of rotatable bonds is 6. The van der Waals surface area contributed by atoms with Gasteiger partial charge in [-0.2, -0.15) is 5.10 Å². The van der Waals surface area contributed by atoms with Gasteiger partial charge >= 0.3 is 0 Å². The lowest BCUT2D eigenvalue weighted by Crippen LogP contribution is -2.34. The lowest BCUT2D eigenvalue weighted by atomic mass is 9.81. The quantitative estimate of drug-likeness (QED) is 0.780. The average molecular weight is 380 g/mol. The van der Waals surface area contributed by atoms with Crippen molar-refractivity contribution in [3.05, 3.63) is 48.2 Å². The molecule has 1 aromatic carbocycles. The summed E-state index contributed by atoms with van der Waals surface area (Å²) in [5, 5.41) is 7.10. The Bertz CT molecular complexity index is 853. The Morgan fingerprint density at radius 1 is 1.04 bits per heavy atom. The van der Waals surface area contributed by atoms with Gasteiger partial charge in [0.25, 0.3) is 0 Å². The summed E-state index contributed by atoms with van der Waals surface area (Å²) in [6.45, 7) is 0.694.